The molecule has 1 aliphatic rings. The van der Waals surface area contributed by atoms with Crippen LogP contribution in [0.25, 0.3) is 10.9 Å². The normalized spacial score (nSPS) is 17.5. The largest absolute Gasteiger partial charge is 0.348 e. The van der Waals surface area contributed by atoms with Crippen LogP contribution in [0.5, 0.6) is 0 Å². The Hall–Kier alpha value is -3.04. The molecular weight excluding hydrogens is 416 g/mol. The highest BCUT2D eigenvalue weighted by atomic mass is 32.2. The zero-order chi connectivity index (χ0) is 22.0. The summed E-state index contributed by atoms with van der Waals surface area (Å²) in [5.41, 5.74) is 0.502. The fraction of sp³-hybridized carbons (Fsp3) is 0.318. The van der Waals surface area contributed by atoms with Crippen LogP contribution in [0.3, 0.4) is 0 Å². The van der Waals surface area contributed by atoms with Gasteiger partial charge in [-0.25, -0.2) is 18.2 Å². The van der Waals surface area contributed by atoms with Crippen LogP contribution >= 0.6 is 0 Å². The molecule has 0 radical (unpaired) electrons. The molecule has 162 valence electrons. The first-order valence-electron chi connectivity index (χ1n) is 10.2. The highest BCUT2D eigenvalue weighted by Crippen LogP contribution is 2.27. The van der Waals surface area contributed by atoms with Gasteiger partial charge in [-0.3, -0.25) is 9.36 Å². The van der Waals surface area contributed by atoms with Gasteiger partial charge in [-0.2, -0.15) is 4.31 Å². The van der Waals surface area contributed by atoms with Crippen molar-refractivity contribution in [1.29, 1.82) is 0 Å². The molecule has 2 heterocycles. The molecule has 0 saturated carbocycles. The highest BCUT2D eigenvalue weighted by Gasteiger charge is 2.31. The summed E-state index contributed by atoms with van der Waals surface area (Å²) in [5.74, 6) is -0.374. The monoisotopic (exact) mass is 440 g/mol. The number of piperidine rings is 1. The number of aromatic nitrogens is 2. The number of nitrogens with zero attached hydrogens (tertiary/aromatic N) is 3. The molecule has 1 aromatic heterocycles. The Labute approximate surface area is 180 Å². The second kappa shape index (κ2) is 8.60. The quantitative estimate of drug-likeness (QED) is 0.657. The molecule has 0 unspecified atom stereocenters. The molecular formula is C22H24N4O4S. The Morgan fingerprint density at radius 2 is 1.94 bits per heavy atom. The number of sulfonamides is 1. The van der Waals surface area contributed by atoms with E-state index in [1.165, 1.54) is 27.2 Å². The molecule has 4 rings (SSSR count). The molecule has 9 heteroatoms. The lowest BCUT2D eigenvalue weighted by Crippen LogP contribution is -2.41. The van der Waals surface area contributed by atoms with Crippen molar-refractivity contribution in [1.82, 2.24) is 13.9 Å². The van der Waals surface area contributed by atoms with E-state index in [0.717, 1.165) is 19.3 Å². The van der Waals surface area contributed by atoms with Crippen molar-refractivity contribution in [2.75, 3.05) is 11.9 Å². The second-order valence-electron chi connectivity index (χ2n) is 7.72. The minimum absolute atomic E-state index is 0.0526. The van der Waals surface area contributed by atoms with E-state index in [4.69, 9.17) is 0 Å². The van der Waals surface area contributed by atoms with Crippen LogP contribution < -0.4 is 11.0 Å². The molecule has 0 bridgehead atoms. The van der Waals surface area contributed by atoms with Gasteiger partial charge in [0.15, 0.2) is 0 Å². The van der Waals surface area contributed by atoms with Crippen LogP contribution in [-0.4, -0.2) is 40.8 Å². The Morgan fingerprint density at radius 3 is 2.68 bits per heavy atom. The van der Waals surface area contributed by atoms with E-state index in [2.05, 4.69) is 10.3 Å². The summed E-state index contributed by atoms with van der Waals surface area (Å²) >= 11 is 0. The second-order valence-corrected chi connectivity index (χ2v) is 9.61. The van der Waals surface area contributed by atoms with Gasteiger partial charge in [0.05, 0.1) is 10.4 Å². The highest BCUT2D eigenvalue weighted by molar-refractivity contribution is 7.89. The maximum absolute atomic E-state index is 13.1. The fourth-order valence-corrected chi connectivity index (χ4v) is 5.66. The lowest BCUT2D eigenvalue weighted by molar-refractivity contribution is -0.116. The number of para-hydroxylation sites is 1. The number of hydrogen-bond donors (Lipinski definition) is 1. The number of hydrogen-bond acceptors (Lipinski definition) is 5. The van der Waals surface area contributed by atoms with Crippen LogP contribution in [0.4, 0.5) is 5.69 Å². The predicted molar refractivity (Wildman–Crippen MR) is 118 cm³/mol. The molecule has 0 spiro atoms. The minimum atomic E-state index is -3.65. The van der Waals surface area contributed by atoms with Gasteiger partial charge in [-0.1, -0.05) is 24.6 Å². The minimum Gasteiger partial charge on any atom is -0.325 e. The molecule has 31 heavy (non-hydrogen) atoms. The summed E-state index contributed by atoms with van der Waals surface area (Å²) in [4.78, 5) is 28.8. The number of rotatable bonds is 5. The van der Waals surface area contributed by atoms with Crippen molar-refractivity contribution >= 4 is 32.5 Å². The third kappa shape index (κ3) is 4.38. The average molecular weight is 441 g/mol. The van der Waals surface area contributed by atoms with Crippen LogP contribution in [-0.2, 0) is 21.4 Å². The molecule has 1 N–H and O–H groups in total. The van der Waals surface area contributed by atoms with E-state index < -0.39 is 15.7 Å². The van der Waals surface area contributed by atoms with Crippen molar-refractivity contribution in [3.05, 3.63) is 65.2 Å². The standard InChI is InChI=1S/C22H24N4O4S/c1-16-7-5-6-12-26(16)31(29,30)19-10-11-20-17(13-19)14-23-22(28)25(20)15-21(27)24-18-8-3-2-4-9-18/h2-4,8-11,13-14,16H,5-7,12,15H2,1H3,(H,24,27)/t16-/m1/s1. The lowest BCUT2D eigenvalue weighted by atomic mass is 10.1. The van der Waals surface area contributed by atoms with Gasteiger partial charge in [-0.05, 0) is 50.1 Å². The van der Waals surface area contributed by atoms with E-state index >= 15 is 0 Å². The summed E-state index contributed by atoms with van der Waals surface area (Å²) in [6.45, 7) is 2.19. The SMILES string of the molecule is C[C@@H]1CCCCN1S(=O)(=O)c1ccc2c(cnc(=O)n2CC(=O)Nc2ccccc2)c1. The number of benzene rings is 2. The van der Waals surface area contributed by atoms with Crippen molar-refractivity contribution in [2.45, 2.75) is 43.7 Å². The summed E-state index contributed by atoms with van der Waals surface area (Å²) < 4.78 is 29.1. The summed E-state index contributed by atoms with van der Waals surface area (Å²) in [7, 11) is -3.65. The van der Waals surface area contributed by atoms with Crippen LogP contribution in [0.15, 0.2) is 64.4 Å². The molecule has 1 fully saturated rings. The topological polar surface area (TPSA) is 101 Å². The van der Waals surface area contributed by atoms with E-state index in [9.17, 15) is 18.0 Å². The van der Waals surface area contributed by atoms with E-state index in [1.54, 1.807) is 30.3 Å². The van der Waals surface area contributed by atoms with Gasteiger partial charge >= 0.3 is 5.69 Å². The molecule has 0 aliphatic carbocycles. The number of carbonyl (C=O) groups is 1. The summed E-state index contributed by atoms with van der Waals surface area (Å²) in [5, 5.41) is 3.22. The number of anilines is 1. The molecule has 1 amide bonds. The van der Waals surface area contributed by atoms with Crippen molar-refractivity contribution in [2.24, 2.45) is 0 Å². The van der Waals surface area contributed by atoms with Gasteiger partial charge in [-0.15, -0.1) is 0 Å². The average Bonchev–Trinajstić information content (AvgIpc) is 2.76. The number of amides is 1. The molecule has 8 nitrogen and oxygen atoms in total. The van der Waals surface area contributed by atoms with Gasteiger partial charge in [0.25, 0.3) is 0 Å². The number of fused-ring (bicyclic) bond motifs is 1. The third-order valence-corrected chi connectivity index (χ3v) is 7.55. The van der Waals surface area contributed by atoms with Crippen molar-refractivity contribution in [3.8, 4) is 0 Å². The van der Waals surface area contributed by atoms with Gasteiger partial charge in [0.1, 0.15) is 6.54 Å². The van der Waals surface area contributed by atoms with Crippen molar-refractivity contribution < 1.29 is 13.2 Å². The first-order valence-corrected chi connectivity index (χ1v) is 11.7. The van der Waals surface area contributed by atoms with Crippen LogP contribution in [0, 0.1) is 0 Å². The van der Waals surface area contributed by atoms with Gasteiger partial charge in [0.2, 0.25) is 15.9 Å². The zero-order valence-corrected chi connectivity index (χ0v) is 18.0. The lowest BCUT2D eigenvalue weighted by Gasteiger charge is -2.32. The Balaban J connectivity index is 1.65. The van der Waals surface area contributed by atoms with E-state index in [1.807, 2.05) is 13.0 Å². The maximum atomic E-state index is 13.1. The smallest absolute Gasteiger partial charge is 0.325 e. The maximum Gasteiger partial charge on any atom is 0.348 e. The van der Waals surface area contributed by atoms with Crippen molar-refractivity contribution in [3.63, 3.8) is 0 Å². The molecule has 1 atom stereocenters. The number of nitrogens with one attached hydrogen (secondary N) is 1. The fourth-order valence-electron chi connectivity index (χ4n) is 3.92. The Bertz CT molecular complexity index is 1270. The van der Waals surface area contributed by atoms with Crippen LogP contribution in [0.1, 0.15) is 26.2 Å². The molecule has 3 aromatic rings. The summed E-state index contributed by atoms with van der Waals surface area (Å²) in [6, 6.07) is 13.5. The number of carbonyl (C=O) groups excluding carboxylic acids is 1. The summed E-state index contributed by atoms with van der Waals surface area (Å²) in [6.07, 6.45) is 4.05. The molecule has 1 saturated heterocycles. The third-order valence-electron chi connectivity index (χ3n) is 5.54. The van der Waals surface area contributed by atoms with E-state index in [-0.39, 0.29) is 23.4 Å². The first kappa shape index (κ1) is 21.2. The molecule has 2 aromatic carbocycles. The van der Waals surface area contributed by atoms with E-state index in [0.29, 0.717) is 23.1 Å². The zero-order valence-electron chi connectivity index (χ0n) is 17.2. The van der Waals surface area contributed by atoms with Gasteiger partial charge in [0, 0.05) is 29.9 Å². The van der Waals surface area contributed by atoms with Gasteiger partial charge < -0.3 is 5.32 Å². The Kier molecular flexibility index (Phi) is 5.88. The predicted octanol–water partition coefficient (Wildman–Crippen LogP) is 2.60. The molecule has 1 aliphatic heterocycles. The van der Waals surface area contributed by atoms with Crippen LogP contribution in [0.2, 0.25) is 0 Å². The first-order chi connectivity index (χ1) is 14.9. The Morgan fingerprint density at radius 1 is 1.16 bits per heavy atom.